The minimum atomic E-state index is -5.30. The number of rotatable bonds is 10. The molecule has 3 aromatic carbocycles. The second kappa shape index (κ2) is 15.0. The average Bonchev–Trinajstić information content (AvgIpc) is 3.17. The fourth-order valence-electron chi connectivity index (χ4n) is 4.01. The van der Waals surface area contributed by atoms with Gasteiger partial charge in [0.15, 0.2) is 15.9 Å². The molecule has 0 fully saturated rings. The van der Waals surface area contributed by atoms with Crippen LogP contribution in [0.3, 0.4) is 0 Å². The predicted octanol–water partition coefficient (Wildman–Crippen LogP) is -4.88. The number of hydrazone groups is 1. The van der Waals surface area contributed by atoms with Crippen LogP contribution in [0.2, 0.25) is 0 Å². The van der Waals surface area contributed by atoms with Crippen molar-refractivity contribution in [2.75, 3.05) is 17.4 Å². The summed E-state index contributed by atoms with van der Waals surface area (Å²) in [5, 5.41) is 11.8. The second-order valence-corrected chi connectivity index (χ2v) is 14.6. The molecule has 1 aliphatic heterocycles. The molecule has 1 amide bonds. The molecule has 230 valence electrons. The number of fused-ring (bicyclic) bond motifs is 1. The van der Waals surface area contributed by atoms with Gasteiger partial charge in [0.2, 0.25) is 0 Å². The monoisotopic (exact) mass is 736 g/mol. The van der Waals surface area contributed by atoms with E-state index >= 15 is 0 Å². The number of benzene rings is 3. The summed E-state index contributed by atoms with van der Waals surface area (Å²) in [5.74, 6) is -1.57. The molecule has 0 saturated carbocycles. The number of nitrogens with zero attached hydrogens (tertiary/aromatic N) is 4. The topological polar surface area (TPSA) is 270 Å². The zero-order chi connectivity index (χ0) is 32.0. The van der Waals surface area contributed by atoms with Crippen LogP contribution in [0.4, 0.5) is 11.4 Å². The molecule has 1 N–H and O–H groups in total. The molecule has 0 spiro atoms. The van der Waals surface area contributed by atoms with Crippen LogP contribution >= 0.6 is 0 Å². The van der Waals surface area contributed by atoms with Gasteiger partial charge < -0.3 is 9.11 Å². The van der Waals surface area contributed by atoms with E-state index in [-0.39, 0.29) is 103 Å². The van der Waals surface area contributed by atoms with Crippen LogP contribution in [0.1, 0.15) is 6.92 Å². The fourth-order valence-corrected chi connectivity index (χ4v) is 7.00. The second-order valence-electron chi connectivity index (χ2n) is 8.75. The normalized spacial score (nSPS) is 16.0. The molecule has 0 radical (unpaired) electrons. The van der Waals surface area contributed by atoms with Crippen LogP contribution in [0.5, 0.6) is 0 Å². The van der Waals surface area contributed by atoms with Crippen molar-refractivity contribution in [2.24, 2.45) is 15.3 Å². The first-order chi connectivity index (χ1) is 19.8. The first-order valence-corrected chi connectivity index (χ1v) is 17.3. The summed E-state index contributed by atoms with van der Waals surface area (Å²) in [7, 11) is -19.2. The van der Waals surface area contributed by atoms with Crippen LogP contribution in [-0.4, -0.2) is 77.3 Å². The fraction of sp³-hybridized carbons (Fsp3) is 0.182. The van der Waals surface area contributed by atoms with Crippen LogP contribution < -0.4 is 86.0 Å². The Labute approximate surface area is 322 Å². The van der Waals surface area contributed by atoms with Crippen molar-refractivity contribution in [2.45, 2.75) is 27.7 Å². The smallest absolute Gasteiger partial charge is 0.744 e. The van der Waals surface area contributed by atoms with E-state index in [2.05, 4.69) is 19.5 Å². The number of hydrogen-bond acceptors (Lipinski definition) is 15. The summed E-state index contributed by atoms with van der Waals surface area (Å²) in [6, 6.07) is 8.41. The number of sulfone groups is 1. The summed E-state index contributed by atoms with van der Waals surface area (Å²) < 4.78 is 130. The van der Waals surface area contributed by atoms with Gasteiger partial charge in [-0.3, -0.25) is 9.35 Å². The molecule has 0 aromatic heterocycles. The maximum absolute atomic E-state index is 13.1. The predicted molar refractivity (Wildman–Crippen MR) is 145 cm³/mol. The zero-order valence-electron chi connectivity index (χ0n) is 23.5. The molecule has 17 nitrogen and oxygen atoms in total. The van der Waals surface area contributed by atoms with Crippen molar-refractivity contribution >= 4 is 74.2 Å². The van der Waals surface area contributed by atoms with E-state index < -0.39 is 85.6 Å². The first-order valence-electron chi connectivity index (χ1n) is 11.5. The first kappa shape index (κ1) is 40.1. The summed E-state index contributed by atoms with van der Waals surface area (Å²) in [4.78, 5) is 11.1. The van der Waals surface area contributed by atoms with Gasteiger partial charge in [0.05, 0.1) is 38.4 Å². The third-order valence-corrected chi connectivity index (χ3v) is 9.86. The number of amides is 1. The molecule has 4 rings (SSSR count). The minimum Gasteiger partial charge on any atom is -0.744 e. The summed E-state index contributed by atoms with van der Waals surface area (Å²) in [6.45, 7) is 0.557. The van der Waals surface area contributed by atoms with Gasteiger partial charge in [-0.2, -0.15) is 28.8 Å². The third kappa shape index (κ3) is 9.52. The Balaban J connectivity index is 0.00000353. The zero-order valence-corrected chi connectivity index (χ0v) is 31.8. The summed E-state index contributed by atoms with van der Waals surface area (Å²) >= 11 is 0. The molecule has 1 aliphatic rings. The van der Waals surface area contributed by atoms with E-state index in [1.165, 1.54) is 19.1 Å². The quantitative estimate of drug-likeness (QED) is 0.116. The Hall–Kier alpha value is -1.06. The van der Waals surface area contributed by atoms with E-state index in [1.54, 1.807) is 0 Å². The van der Waals surface area contributed by atoms with Crippen molar-refractivity contribution < 1.29 is 137 Å². The van der Waals surface area contributed by atoms with E-state index in [9.17, 15) is 47.6 Å². The Morgan fingerprint density at radius 1 is 0.911 bits per heavy atom. The van der Waals surface area contributed by atoms with E-state index in [0.29, 0.717) is 0 Å². The summed E-state index contributed by atoms with van der Waals surface area (Å²) in [5.41, 5.74) is -0.357. The van der Waals surface area contributed by atoms with Crippen molar-refractivity contribution in [1.82, 2.24) is 0 Å². The van der Waals surface area contributed by atoms with E-state index in [1.807, 2.05) is 0 Å². The largest absolute Gasteiger partial charge is 1.00 e. The Morgan fingerprint density at radius 2 is 1.53 bits per heavy atom. The molecule has 1 heterocycles. The Kier molecular flexibility index (Phi) is 13.4. The van der Waals surface area contributed by atoms with Gasteiger partial charge in [-0.25, -0.2) is 29.4 Å². The SMILES string of the molecule is CC1=NN(c2ccc(S(=O)(=O)CCOS(=O)(=O)O)cc2)C(=O)C1N=Nc1ccc2c(S(=O)(=O)[O-])cccc2c1S(=O)(=O)[O-].[K+].[Na+]. The molecule has 3 aromatic rings. The molecule has 0 saturated heterocycles. The maximum atomic E-state index is 13.1. The number of azo groups is 1. The van der Waals surface area contributed by atoms with Gasteiger partial charge in [0.25, 0.3) is 5.91 Å². The molecule has 0 bridgehead atoms. The van der Waals surface area contributed by atoms with Crippen LogP contribution in [0.15, 0.2) is 84.6 Å². The van der Waals surface area contributed by atoms with Crippen LogP contribution in [0.25, 0.3) is 10.8 Å². The molecule has 1 unspecified atom stereocenters. The van der Waals surface area contributed by atoms with Crippen molar-refractivity contribution in [3.63, 3.8) is 0 Å². The van der Waals surface area contributed by atoms with E-state index in [0.717, 1.165) is 47.5 Å². The Bertz CT molecular complexity index is 2140. The molecule has 0 aliphatic carbocycles. The number of carbonyl (C=O) groups excluding carboxylic acids is 1. The third-order valence-electron chi connectivity index (χ3n) is 5.87. The maximum Gasteiger partial charge on any atom is 1.00 e. The molecule has 23 heteroatoms. The number of carbonyl (C=O) groups is 1. The van der Waals surface area contributed by atoms with Gasteiger partial charge in [-0.05, 0) is 43.3 Å². The van der Waals surface area contributed by atoms with E-state index in [4.69, 9.17) is 4.55 Å². The van der Waals surface area contributed by atoms with Gasteiger partial charge in [0, 0.05) is 10.8 Å². The van der Waals surface area contributed by atoms with Gasteiger partial charge in [0.1, 0.15) is 25.9 Å². The standard InChI is InChI=1S/C22H20N4O13S4.K.Na/c1-13-20(22(27)26(25-13)14-5-7-15(8-6-14)40(28,29)12-11-39-43(36,37)38)24-23-18-10-9-16-17(21(18)42(33,34)35)3-2-4-19(16)41(30,31)32;;/h2-10,20H,11-12H2,1H3,(H,30,31,32)(H,33,34,35)(H,36,37,38);;/q;2*+1/p-2. The van der Waals surface area contributed by atoms with Gasteiger partial charge in [-0.15, -0.1) is 0 Å². The van der Waals surface area contributed by atoms with Crippen molar-refractivity contribution in [3.05, 3.63) is 54.6 Å². The average molecular weight is 737 g/mol. The molecular formula is C22H18KN4NaO13S4. The van der Waals surface area contributed by atoms with Crippen LogP contribution in [-0.2, 0) is 49.5 Å². The van der Waals surface area contributed by atoms with Gasteiger partial charge in [-0.1, -0.05) is 18.2 Å². The minimum absolute atomic E-state index is 0. The van der Waals surface area contributed by atoms with Crippen molar-refractivity contribution in [1.29, 1.82) is 0 Å². The van der Waals surface area contributed by atoms with Crippen molar-refractivity contribution in [3.8, 4) is 0 Å². The molecule has 45 heavy (non-hydrogen) atoms. The van der Waals surface area contributed by atoms with Crippen LogP contribution in [0, 0.1) is 0 Å². The Morgan fingerprint density at radius 3 is 2.09 bits per heavy atom. The molecular weight excluding hydrogens is 719 g/mol. The molecule has 1 atom stereocenters. The number of anilines is 1. The summed E-state index contributed by atoms with van der Waals surface area (Å²) in [6.07, 6.45) is 0. The van der Waals surface area contributed by atoms with Gasteiger partial charge >= 0.3 is 91.3 Å². The number of hydrogen-bond donors (Lipinski definition) is 1.